The number of benzene rings is 2. The van der Waals surface area contributed by atoms with E-state index in [4.69, 9.17) is 4.74 Å². The average molecular weight is 701 g/mol. The highest BCUT2D eigenvalue weighted by atomic mass is 32.1. The summed E-state index contributed by atoms with van der Waals surface area (Å²) in [4.78, 5) is 50.6. The van der Waals surface area contributed by atoms with Crippen LogP contribution in [0, 0.1) is 11.8 Å². The molecule has 3 atom stereocenters. The third kappa shape index (κ3) is 12.1. The Kier molecular flexibility index (Phi) is 14.6. The molecule has 50 heavy (non-hydrogen) atoms. The largest absolute Gasteiger partial charge is 0.443 e. The molecule has 0 spiro atoms. The molecule has 0 fully saturated rings. The van der Waals surface area contributed by atoms with Crippen LogP contribution in [0.1, 0.15) is 80.4 Å². The number of ether oxygens (including phenoxy) is 1. The summed E-state index contributed by atoms with van der Waals surface area (Å²) in [7, 11) is 3.58. The van der Waals surface area contributed by atoms with Crippen molar-refractivity contribution in [1.29, 1.82) is 0 Å². The first-order valence-corrected chi connectivity index (χ1v) is 18.3. The number of urea groups is 1. The van der Waals surface area contributed by atoms with Gasteiger partial charge in [-0.2, -0.15) is 0 Å². The minimum absolute atomic E-state index is 0.00147. The van der Waals surface area contributed by atoms with Crippen LogP contribution in [-0.4, -0.2) is 56.5 Å². The van der Waals surface area contributed by atoms with Crippen LogP contribution in [0.4, 0.5) is 9.59 Å². The molecule has 268 valence electrons. The van der Waals surface area contributed by atoms with Crippen molar-refractivity contribution in [3.05, 3.63) is 106 Å². The fourth-order valence-corrected chi connectivity index (χ4v) is 6.73. The summed E-state index contributed by atoms with van der Waals surface area (Å²) in [6, 6.07) is 19.0. The Balaban J connectivity index is 1.43. The summed E-state index contributed by atoms with van der Waals surface area (Å²) in [5.74, 6) is 0.235. The van der Waals surface area contributed by atoms with E-state index in [1.807, 2.05) is 79.4 Å². The molecular formula is C39H52N6O4S. The number of nitrogens with one attached hydrogen (secondary N) is 2. The molecule has 0 unspecified atom stereocenters. The van der Waals surface area contributed by atoms with Gasteiger partial charge in [0.15, 0.2) is 5.78 Å². The van der Waals surface area contributed by atoms with Crippen LogP contribution in [0.5, 0.6) is 0 Å². The highest BCUT2D eigenvalue weighted by Gasteiger charge is 2.29. The number of aryl methyl sites for hydroxylation is 1. The first-order chi connectivity index (χ1) is 24.0. The van der Waals surface area contributed by atoms with Crippen molar-refractivity contribution in [3.8, 4) is 0 Å². The minimum atomic E-state index is -0.634. The third-order valence-electron chi connectivity index (χ3n) is 8.80. The molecule has 4 rings (SSSR count). The fourth-order valence-electron chi connectivity index (χ4n) is 5.90. The Morgan fingerprint density at radius 3 is 2.16 bits per heavy atom. The lowest BCUT2D eigenvalue weighted by Crippen LogP contribution is -2.49. The molecule has 0 saturated carbocycles. The number of hydrogen-bond acceptors (Lipinski definition) is 7. The summed E-state index contributed by atoms with van der Waals surface area (Å²) < 4.78 is 7.37. The van der Waals surface area contributed by atoms with E-state index in [-0.39, 0.29) is 36.3 Å². The van der Waals surface area contributed by atoms with E-state index < -0.39 is 12.1 Å². The van der Waals surface area contributed by atoms with Gasteiger partial charge < -0.3 is 24.8 Å². The van der Waals surface area contributed by atoms with Crippen LogP contribution in [0.3, 0.4) is 0 Å². The quantitative estimate of drug-likeness (QED) is 0.113. The van der Waals surface area contributed by atoms with Gasteiger partial charge in [0.1, 0.15) is 6.61 Å². The summed E-state index contributed by atoms with van der Waals surface area (Å²) in [6.45, 7) is 8.60. The molecule has 2 aromatic carbocycles. The number of thiazole rings is 1. The second kappa shape index (κ2) is 19.0. The second-order valence-corrected chi connectivity index (χ2v) is 14.7. The van der Waals surface area contributed by atoms with Gasteiger partial charge in [-0.25, -0.2) is 19.6 Å². The summed E-state index contributed by atoms with van der Waals surface area (Å²) in [6.07, 6.45) is 5.82. The Hall–Kier alpha value is -4.51. The van der Waals surface area contributed by atoms with Crippen molar-refractivity contribution in [2.75, 3.05) is 7.05 Å². The number of nitrogens with zero attached hydrogens (tertiary/aromatic N) is 4. The Morgan fingerprint density at radius 1 is 0.920 bits per heavy atom. The molecule has 0 aliphatic heterocycles. The van der Waals surface area contributed by atoms with Gasteiger partial charge >= 0.3 is 12.1 Å². The maximum atomic E-state index is 14.0. The van der Waals surface area contributed by atoms with E-state index in [9.17, 15) is 14.4 Å². The number of alkyl carbamates (subject to hydrolysis) is 1. The maximum absolute atomic E-state index is 14.0. The number of carbonyl (C=O) groups is 3. The van der Waals surface area contributed by atoms with Crippen molar-refractivity contribution >= 4 is 29.2 Å². The number of amides is 3. The van der Waals surface area contributed by atoms with Crippen molar-refractivity contribution in [2.24, 2.45) is 18.9 Å². The molecule has 4 aromatic rings. The molecule has 3 amide bonds. The lowest BCUT2D eigenvalue weighted by Gasteiger charge is -2.27. The Bertz CT molecular complexity index is 1640. The molecule has 11 heteroatoms. The SMILES string of the molecule is CC(C)c1nc(CN(C)C(=O)N[C@H](C(=O)C[C@H](CC[C@H](Cc2ccccc2)NC(=O)OCc2cncn2C)Cc2ccccc2)C(C)C)cs1. The molecule has 2 heterocycles. The normalized spacial score (nSPS) is 13.1. The van der Waals surface area contributed by atoms with Gasteiger partial charge in [0.2, 0.25) is 0 Å². The van der Waals surface area contributed by atoms with Crippen LogP contribution in [0.25, 0.3) is 0 Å². The van der Waals surface area contributed by atoms with Crippen LogP contribution in [0.15, 0.2) is 78.6 Å². The average Bonchev–Trinajstić information content (AvgIpc) is 3.74. The first kappa shape index (κ1) is 38.3. The van der Waals surface area contributed by atoms with Crippen LogP contribution < -0.4 is 10.6 Å². The van der Waals surface area contributed by atoms with Gasteiger partial charge in [-0.1, -0.05) is 88.4 Å². The van der Waals surface area contributed by atoms with Crippen LogP contribution in [0.2, 0.25) is 0 Å². The Labute approximate surface area is 300 Å². The molecule has 0 bridgehead atoms. The molecule has 2 N–H and O–H groups in total. The highest BCUT2D eigenvalue weighted by Crippen LogP contribution is 2.24. The Morgan fingerprint density at radius 2 is 1.58 bits per heavy atom. The number of carbonyl (C=O) groups excluding carboxylic acids is 3. The molecule has 0 saturated heterocycles. The molecule has 0 aliphatic rings. The topological polar surface area (TPSA) is 118 Å². The molecule has 0 aliphatic carbocycles. The highest BCUT2D eigenvalue weighted by molar-refractivity contribution is 7.09. The molecule has 10 nitrogen and oxygen atoms in total. The summed E-state index contributed by atoms with van der Waals surface area (Å²) >= 11 is 1.60. The number of Topliss-reactive ketones (excluding diaryl/α,β-unsaturated/α-hetero) is 1. The second-order valence-electron chi connectivity index (χ2n) is 13.8. The number of rotatable bonds is 18. The zero-order valence-electron chi connectivity index (χ0n) is 30.2. The van der Waals surface area contributed by atoms with Gasteiger partial charge in [0.05, 0.1) is 41.5 Å². The van der Waals surface area contributed by atoms with Gasteiger partial charge in [0.25, 0.3) is 0 Å². The van der Waals surface area contributed by atoms with E-state index in [1.165, 1.54) is 0 Å². The van der Waals surface area contributed by atoms with Gasteiger partial charge in [0, 0.05) is 37.9 Å². The predicted octanol–water partition coefficient (Wildman–Crippen LogP) is 7.30. The van der Waals surface area contributed by atoms with E-state index in [0.717, 1.165) is 27.5 Å². The van der Waals surface area contributed by atoms with E-state index in [1.54, 1.807) is 35.8 Å². The lowest BCUT2D eigenvalue weighted by atomic mass is 9.85. The number of hydrogen-bond donors (Lipinski definition) is 2. The fraction of sp³-hybridized carbons (Fsp3) is 0.462. The zero-order chi connectivity index (χ0) is 36.0. The predicted molar refractivity (Wildman–Crippen MR) is 198 cm³/mol. The number of ketones is 1. The van der Waals surface area contributed by atoms with Gasteiger partial charge in [-0.05, 0) is 48.6 Å². The van der Waals surface area contributed by atoms with E-state index in [2.05, 4.69) is 46.6 Å². The van der Waals surface area contributed by atoms with E-state index in [0.29, 0.717) is 44.6 Å². The van der Waals surface area contributed by atoms with E-state index >= 15 is 0 Å². The van der Waals surface area contributed by atoms with Crippen molar-refractivity contribution in [2.45, 2.75) is 91.0 Å². The number of imidazole rings is 1. The molecule has 2 aromatic heterocycles. The molecule has 0 radical (unpaired) electrons. The lowest BCUT2D eigenvalue weighted by molar-refractivity contribution is -0.122. The summed E-state index contributed by atoms with van der Waals surface area (Å²) in [5, 5.41) is 9.13. The van der Waals surface area contributed by atoms with Crippen molar-refractivity contribution in [1.82, 2.24) is 30.1 Å². The van der Waals surface area contributed by atoms with Crippen LogP contribution in [-0.2, 0) is 42.6 Å². The number of aromatic nitrogens is 3. The minimum Gasteiger partial charge on any atom is -0.443 e. The molecular weight excluding hydrogens is 649 g/mol. The van der Waals surface area contributed by atoms with Gasteiger partial charge in [-0.3, -0.25) is 4.79 Å². The zero-order valence-corrected chi connectivity index (χ0v) is 31.0. The summed E-state index contributed by atoms with van der Waals surface area (Å²) in [5.41, 5.74) is 3.88. The van der Waals surface area contributed by atoms with Gasteiger partial charge in [-0.15, -0.1) is 11.3 Å². The van der Waals surface area contributed by atoms with Crippen molar-refractivity contribution < 1.29 is 19.1 Å². The third-order valence-corrected chi connectivity index (χ3v) is 9.99. The maximum Gasteiger partial charge on any atom is 0.407 e. The van der Waals surface area contributed by atoms with Crippen LogP contribution >= 0.6 is 11.3 Å². The van der Waals surface area contributed by atoms with Crippen molar-refractivity contribution in [3.63, 3.8) is 0 Å². The smallest absolute Gasteiger partial charge is 0.407 e. The first-order valence-electron chi connectivity index (χ1n) is 17.4. The monoisotopic (exact) mass is 700 g/mol. The standard InChI is InChI=1S/C39H52N6O4S/c1-27(2)36(43-38(47)44(5)23-33-25-50-37(41-33)28(3)4)35(46)21-31(19-29-13-9-7-10-14-29)17-18-32(20-30-15-11-8-12-16-30)42-39(48)49-24-34-22-40-26-45(34)6/h7-16,22,25-28,31-32,36H,17-21,23-24H2,1-6H3,(H,42,48)(H,43,47)/t31-,32-,36+/m1/s1.